The van der Waals surface area contributed by atoms with Crippen LogP contribution in [0.5, 0.6) is 0 Å². The third-order valence-corrected chi connectivity index (χ3v) is 3.58. The average molecular weight is 353 g/mol. The summed E-state index contributed by atoms with van der Waals surface area (Å²) in [5.41, 5.74) is 4.92. The molecule has 1 rings (SSSR count). The van der Waals surface area contributed by atoms with Gasteiger partial charge < -0.3 is 10.8 Å². The zero-order chi connectivity index (χ0) is 18.7. The lowest BCUT2D eigenvalue weighted by Crippen LogP contribution is -2.30. The van der Waals surface area contributed by atoms with Crippen LogP contribution in [0.15, 0.2) is 36.6 Å². The molecule has 24 heavy (non-hydrogen) atoms. The maximum atomic E-state index is 12.9. The minimum absolute atomic E-state index is 0.0326. The molecule has 0 aliphatic carbocycles. The van der Waals surface area contributed by atoms with Crippen LogP contribution < -0.4 is 5.73 Å². The Morgan fingerprint density at radius 3 is 1.92 bits per heavy atom. The molecule has 0 saturated heterocycles. The standard InChI is InChI=1S/C16H17F6NO/c1-3-5-12(13(24)4-2)14(23)9-6-10(15(17,18)19)8-11(7-9)16(20,21)22/h5-8,12-14,24H,1,4,23H2,2H3. The normalized spacial score (nSPS) is 16.2. The monoisotopic (exact) mass is 353 g/mol. The number of rotatable bonds is 5. The van der Waals surface area contributed by atoms with Crippen LogP contribution in [0.4, 0.5) is 26.3 Å². The minimum Gasteiger partial charge on any atom is -0.392 e. The van der Waals surface area contributed by atoms with Crippen molar-refractivity contribution in [3.63, 3.8) is 0 Å². The van der Waals surface area contributed by atoms with Crippen LogP contribution >= 0.6 is 0 Å². The number of aliphatic hydroxyl groups excluding tert-OH is 1. The Labute approximate surface area is 135 Å². The summed E-state index contributed by atoms with van der Waals surface area (Å²) in [7, 11) is 0. The van der Waals surface area contributed by atoms with Crippen LogP contribution in [0.1, 0.15) is 36.1 Å². The third kappa shape index (κ3) is 4.87. The van der Waals surface area contributed by atoms with Crippen molar-refractivity contribution in [2.45, 2.75) is 37.8 Å². The van der Waals surface area contributed by atoms with Crippen LogP contribution in [-0.2, 0) is 12.4 Å². The van der Waals surface area contributed by atoms with Crippen LogP contribution in [-0.4, -0.2) is 11.2 Å². The number of hydrogen-bond acceptors (Lipinski definition) is 2. The number of nitrogens with two attached hydrogens (primary N) is 1. The fourth-order valence-electron chi connectivity index (χ4n) is 2.26. The molecule has 0 heterocycles. The van der Waals surface area contributed by atoms with Crippen molar-refractivity contribution in [2.75, 3.05) is 0 Å². The Balaban J connectivity index is 3.48. The van der Waals surface area contributed by atoms with Crippen LogP contribution in [0.3, 0.4) is 0 Å². The highest BCUT2D eigenvalue weighted by atomic mass is 19.4. The van der Waals surface area contributed by atoms with E-state index < -0.39 is 41.5 Å². The summed E-state index contributed by atoms with van der Waals surface area (Å²) in [6.45, 7) is 4.91. The van der Waals surface area contributed by atoms with E-state index in [1.165, 1.54) is 6.08 Å². The molecule has 0 fully saturated rings. The van der Waals surface area contributed by atoms with Gasteiger partial charge in [-0.05, 0) is 36.3 Å². The van der Waals surface area contributed by atoms with E-state index in [0.29, 0.717) is 12.1 Å². The van der Waals surface area contributed by atoms with Crippen molar-refractivity contribution in [1.82, 2.24) is 0 Å². The fraction of sp³-hybridized carbons (Fsp3) is 0.438. The lowest BCUT2D eigenvalue weighted by atomic mass is 9.86. The molecule has 1 aromatic rings. The topological polar surface area (TPSA) is 46.2 Å². The van der Waals surface area contributed by atoms with E-state index in [4.69, 9.17) is 5.73 Å². The molecule has 0 amide bonds. The highest BCUT2D eigenvalue weighted by Gasteiger charge is 2.38. The summed E-state index contributed by atoms with van der Waals surface area (Å²) in [5.74, 6) is -0.919. The Morgan fingerprint density at radius 1 is 1.12 bits per heavy atom. The van der Waals surface area contributed by atoms with Crippen molar-refractivity contribution in [3.8, 4) is 0 Å². The lowest BCUT2D eigenvalue weighted by Gasteiger charge is -2.26. The second-order valence-electron chi connectivity index (χ2n) is 5.29. The number of alkyl halides is 6. The van der Waals surface area contributed by atoms with Gasteiger partial charge in [0.25, 0.3) is 0 Å². The number of halogens is 6. The highest BCUT2D eigenvalue weighted by molar-refractivity contribution is 5.36. The first-order chi connectivity index (χ1) is 10.9. The van der Waals surface area contributed by atoms with E-state index >= 15 is 0 Å². The number of benzene rings is 1. The Hall–Kier alpha value is -1.76. The third-order valence-electron chi connectivity index (χ3n) is 3.58. The van der Waals surface area contributed by atoms with E-state index in [2.05, 4.69) is 12.3 Å². The summed E-state index contributed by atoms with van der Waals surface area (Å²) in [4.78, 5) is 0. The molecule has 0 aliphatic heterocycles. The van der Waals surface area contributed by atoms with Gasteiger partial charge in [-0.15, -0.1) is 5.73 Å². The second kappa shape index (κ2) is 7.42. The van der Waals surface area contributed by atoms with Crippen molar-refractivity contribution < 1.29 is 31.4 Å². The first-order valence-corrected chi connectivity index (χ1v) is 7.00. The van der Waals surface area contributed by atoms with E-state index in [-0.39, 0.29) is 18.1 Å². The minimum atomic E-state index is -4.96. The van der Waals surface area contributed by atoms with Gasteiger partial charge >= 0.3 is 12.4 Å². The molecule has 134 valence electrons. The number of aliphatic hydroxyl groups is 1. The predicted octanol–water partition coefficient (Wildman–Crippen LogP) is 4.45. The maximum Gasteiger partial charge on any atom is 0.416 e. The van der Waals surface area contributed by atoms with Gasteiger partial charge in [0, 0.05) is 12.0 Å². The molecule has 3 atom stereocenters. The quantitative estimate of drug-likeness (QED) is 0.607. The molecule has 0 bridgehead atoms. The van der Waals surface area contributed by atoms with Crippen molar-refractivity contribution in [2.24, 2.45) is 11.7 Å². The summed E-state index contributed by atoms with van der Waals surface area (Å²) in [5, 5.41) is 9.92. The fourth-order valence-corrected chi connectivity index (χ4v) is 2.26. The molecule has 0 radical (unpaired) electrons. The second-order valence-corrected chi connectivity index (χ2v) is 5.29. The van der Waals surface area contributed by atoms with Gasteiger partial charge in [0.15, 0.2) is 0 Å². The van der Waals surface area contributed by atoms with Crippen molar-refractivity contribution in [1.29, 1.82) is 0 Å². The molecule has 0 saturated carbocycles. The molecular weight excluding hydrogens is 336 g/mol. The van der Waals surface area contributed by atoms with Crippen LogP contribution in [0.2, 0.25) is 0 Å². The van der Waals surface area contributed by atoms with E-state index in [1.54, 1.807) is 6.92 Å². The molecule has 1 aromatic carbocycles. The largest absolute Gasteiger partial charge is 0.416 e. The first kappa shape index (κ1) is 20.3. The SMILES string of the molecule is C=C=CC(C(O)CC)C(N)c1cc(C(F)(F)F)cc(C(F)(F)F)c1. The average Bonchev–Trinajstić information content (AvgIpc) is 2.49. The van der Waals surface area contributed by atoms with E-state index in [0.717, 1.165) is 0 Å². The lowest BCUT2D eigenvalue weighted by molar-refractivity contribution is -0.143. The maximum absolute atomic E-state index is 12.9. The Kier molecular flexibility index (Phi) is 6.27. The zero-order valence-electron chi connectivity index (χ0n) is 12.7. The summed E-state index contributed by atoms with van der Waals surface area (Å²) in [6.07, 6.45) is -9.52. The van der Waals surface area contributed by atoms with E-state index in [9.17, 15) is 31.4 Å². The van der Waals surface area contributed by atoms with Crippen LogP contribution in [0, 0.1) is 5.92 Å². The van der Waals surface area contributed by atoms with Gasteiger partial charge in [-0.1, -0.05) is 13.5 Å². The Bertz CT molecular complexity index is 584. The van der Waals surface area contributed by atoms with Gasteiger partial charge in [-0.2, -0.15) is 26.3 Å². The van der Waals surface area contributed by atoms with Gasteiger partial charge in [0.1, 0.15) is 0 Å². The summed E-state index contributed by atoms with van der Waals surface area (Å²) in [6, 6.07) is -0.124. The van der Waals surface area contributed by atoms with Gasteiger partial charge in [0.05, 0.1) is 17.2 Å². The molecule has 3 N–H and O–H groups in total. The van der Waals surface area contributed by atoms with E-state index in [1.807, 2.05) is 0 Å². The van der Waals surface area contributed by atoms with Gasteiger partial charge in [-0.25, -0.2) is 0 Å². The predicted molar refractivity (Wildman–Crippen MR) is 76.9 cm³/mol. The van der Waals surface area contributed by atoms with Crippen molar-refractivity contribution in [3.05, 3.63) is 53.3 Å². The van der Waals surface area contributed by atoms with Crippen molar-refractivity contribution >= 4 is 0 Å². The molecule has 0 aromatic heterocycles. The molecule has 8 heteroatoms. The smallest absolute Gasteiger partial charge is 0.392 e. The highest BCUT2D eigenvalue weighted by Crippen LogP contribution is 2.38. The molecule has 0 spiro atoms. The summed E-state index contributed by atoms with van der Waals surface area (Å²) >= 11 is 0. The first-order valence-electron chi connectivity index (χ1n) is 7.00. The van der Waals surface area contributed by atoms with Gasteiger partial charge in [0.2, 0.25) is 0 Å². The molecule has 2 nitrogen and oxygen atoms in total. The summed E-state index contributed by atoms with van der Waals surface area (Å²) < 4.78 is 77.3. The molecular formula is C16H17F6NO. The molecule has 3 unspecified atom stereocenters. The zero-order valence-corrected chi connectivity index (χ0v) is 12.7. The Morgan fingerprint density at radius 2 is 1.58 bits per heavy atom. The number of hydrogen-bond donors (Lipinski definition) is 2. The molecule has 0 aliphatic rings. The van der Waals surface area contributed by atoms with Crippen LogP contribution in [0.25, 0.3) is 0 Å². The van der Waals surface area contributed by atoms with Gasteiger partial charge in [-0.3, -0.25) is 0 Å².